The van der Waals surface area contributed by atoms with Crippen LogP contribution >= 0.6 is 0 Å². The number of rotatable bonds is 1. The van der Waals surface area contributed by atoms with Crippen molar-refractivity contribution in [1.29, 1.82) is 0 Å². The maximum Gasteiger partial charge on any atom is 0.412 e. The van der Waals surface area contributed by atoms with Crippen LogP contribution < -0.4 is 0 Å². The van der Waals surface area contributed by atoms with Gasteiger partial charge in [0.25, 0.3) is 0 Å². The summed E-state index contributed by atoms with van der Waals surface area (Å²) in [6, 6.07) is 3.51. The van der Waals surface area contributed by atoms with E-state index in [-0.39, 0.29) is 0 Å². The first kappa shape index (κ1) is 10.9. The molecule has 0 saturated carbocycles. The molecule has 2 rings (SSSR count). The Hall–Kier alpha value is -1.62. The lowest BCUT2D eigenvalue weighted by atomic mass is 9.87. The lowest BCUT2D eigenvalue weighted by Gasteiger charge is -2.35. The minimum Gasteiger partial charge on any atom is -0.433 e. The van der Waals surface area contributed by atoms with Gasteiger partial charge >= 0.3 is 6.09 Å². The Balaban J connectivity index is 2.51. The Morgan fingerprint density at radius 2 is 2.19 bits per heavy atom. The summed E-state index contributed by atoms with van der Waals surface area (Å²) in [5, 5.41) is 10.4. The second kappa shape index (κ2) is 3.18. The molecule has 0 bridgehead atoms. The highest BCUT2D eigenvalue weighted by molar-refractivity contribution is 5.72. The van der Waals surface area contributed by atoms with Crippen molar-refractivity contribution in [3.63, 3.8) is 0 Å². The van der Waals surface area contributed by atoms with Gasteiger partial charge in [-0.3, -0.25) is 9.88 Å². The molecule has 2 atom stereocenters. The second-order valence-corrected chi connectivity index (χ2v) is 4.22. The van der Waals surface area contributed by atoms with E-state index in [0.29, 0.717) is 5.56 Å². The number of carbonyl (C=O) groups excluding carboxylic acids is 1. The van der Waals surface area contributed by atoms with Crippen LogP contribution in [-0.2, 0) is 10.3 Å². The van der Waals surface area contributed by atoms with Crippen LogP contribution in [0.15, 0.2) is 24.5 Å². The van der Waals surface area contributed by atoms with Crippen molar-refractivity contribution in [2.24, 2.45) is 0 Å². The molecule has 2 heterocycles. The highest BCUT2D eigenvalue weighted by Gasteiger charge is 2.59. The number of likely N-dealkylation sites (N-methyl/N-ethyl adjacent to an activating group) is 1. The van der Waals surface area contributed by atoms with Crippen molar-refractivity contribution < 1.29 is 14.6 Å². The third-order valence-electron chi connectivity index (χ3n) is 3.33. The maximum atomic E-state index is 11.5. The van der Waals surface area contributed by atoms with Gasteiger partial charge in [0, 0.05) is 25.0 Å². The average Bonchev–Trinajstić information content (AvgIpc) is 2.42. The van der Waals surface area contributed by atoms with Gasteiger partial charge in [0.15, 0.2) is 11.3 Å². The standard InChI is InChI=1S/C11H14N2O3/c1-10(8-5-4-6-12-7-8)11(2,15)13(3)9(14)16-10/h4-7,15H,1-3H3/t10-,11-/m1/s1. The maximum absolute atomic E-state index is 11.5. The molecule has 1 aromatic heterocycles. The van der Waals surface area contributed by atoms with Crippen LogP contribution in [0, 0.1) is 0 Å². The molecule has 86 valence electrons. The molecule has 0 radical (unpaired) electrons. The predicted molar refractivity (Wildman–Crippen MR) is 56.5 cm³/mol. The first-order valence-corrected chi connectivity index (χ1v) is 4.99. The van der Waals surface area contributed by atoms with Gasteiger partial charge in [0.1, 0.15) is 0 Å². The van der Waals surface area contributed by atoms with Crippen LogP contribution in [0.4, 0.5) is 4.79 Å². The largest absolute Gasteiger partial charge is 0.433 e. The van der Waals surface area contributed by atoms with Gasteiger partial charge in [0.05, 0.1) is 0 Å². The zero-order chi connectivity index (χ0) is 12.0. The van der Waals surface area contributed by atoms with Crippen LogP contribution in [0.5, 0.6) is 0 Å². The molecular weight excluding hydrogens is 208 g/mol. The normalized spacial score (nSPS) is 34.0. The van der Waals surface area contributed by atoms with Crippen molar-refractivity contribution in [2.45, 2.75) is 25.2 Å². The number of amides is 1. The van der Waals surface area contributed by atoms with E-state index in [4.69, 9.17) is 4.74 Å². The van der Waals surface area contributed by atoms with Crippen molar-refractivity contribution >= 4 is 6.09 Å². The Morgan fingerprint density at radius 3 is 2.62 bits per heavy atom. The number of nitrogens with zero attached hydrogens (tertiary/aromatic N) is 2. The van der Waals surface area contributed by atoms with Crippen LogP contribution in [0.1, 0.15) is 19.4 Å². The molecule has 1 aromatic rings. The number of cyclic esters (lactones) is 1. The molecule has 1 fully saturated rings. The van der Waals surface area contributed by atoms with E-state index in [1.165, 1.54) is 11.9 Å². The molecule has 1 amide bonds. The monoisotopic (exact) mass is 222 g/mol. The zero-order valence-corrected chi connectivity index (χ0v) is 9.47. The summed E-state index contributed by atoms with van der Waals surface area (Å²) in [6.45, 7) is 3.22. The highest BCUT2D eigenvalue weighted by Crippen LogP contribution is 2.43. The van der Waals surface area contributed by atoms with Crippen molar-refractivity contribution in [2.75, 3.05) is 7.05 Å². The molecule has 16 heavy (non-hydrogen) atoms. The minimum absolute atomic E-state index is 0.545. The van der Waals surface area contributed by atoms with Gasteiger partial charge in [-0.05, 0) is 19.9 Å². The molecule has 0 aromatic carbocycles. The third kappa shape index (κ3) is 1.21. The van der Waals surface area contributed by atoms with Crippen LogP contribution in [0.2, 0.25) is 0 Å². The smallest absolute Gasteiger partial charge is 0.412 e. The molecule has 5 nitrogen and oxygen atoms in total. The third-order valence-corrected chi connectivity index (χ3v) is 3.33. The molecular formula is C11H14N2O3. The summed E-state index contributed by atoms with van der Waals surface area (Å²) >= 11 is 0. The molecule has 1 aliphatic rings. The fourth-order valence-corrected chi connectivity index (χ4v) is 1.81. The van der Waals surface area contributed by atoms with Crippen molar-refractivity contribution in [1.82, 2.24) is 9.88 Å². The Kier molecular flexibility index (Phi) is 2.17. The first-order chi connectivity index (χ1) is 7.39. The summed E-state index contributed by atoms with van der Waals surface area (Å²) in [5.41, 5.74) is -1.84. The number of aliphatic hydroxyl groups is 1. The fraction of sp³-hybridized carbons (Fsp3) is 0.455. The zero-order valence-electron chi connectivity index (χ0n) is 9.47. The predicted octanol–water partition coefficient (Wildman–Crippen LogP) is 1.09. The van der Waals surface area contributed by atoms with E-state index in [9.17, 15) is 9.90 Å². The van der Waals surface area contributed by atoms with E-state index in [1.807, 2.05) is 0 Å². The van der Waals surface area contributed by atoms with E-state index in [1.54, 1.807) is 38.4 Å². The number of aromatic nitrogens is 1. The molecule has 1 saturated heterocycles. The average molecular weight is 222 g/mol. The molecule has 0 spiro atoms. The topological polar surface area (TPSA) is 62.7 Å². The SMILES string of the molecule is CN1C(=O)O[C@](C)(c2cccnc2)[C@@]1(C)O. The van der Waals surface area contributed by atoms with E-state index in [0.717, 1.165) is 0 Å². The fourth-order valence-electron chi connectivity index (χ4n) is 1.81. The van der Waals surface area contributed by atoms with Crippen LogP contribution in [-0.4, -0.2) is 33.9 Å². The summed E-state index contributed by atoms with van der Waals surface area (Å²) in [5.74, 6) is 0. The second-order valence-electron chi connectivity index (χ2n) is 4.22. The van der Waals surface area contributed by atoms with Crippen LogP contribution in [0.3, 0.4) is 0 Å². The molecule has 1 aliphatic heterocycles. The highest BCUT2D eigenvalue weighted by atomic mass is 16.6. The Labute approximate surface area is 93.7 Å². The Morgan fingerprint density at radius 1 is 1.50 bits per heavy atom. The van der Waals surface area contributed by atoms with Gasteiger partial charge in [0.2, 0.25) is 0 Å². The lowest BCUT2D eigenvalue weighted by molar-refractivity contribution is -0.135. The van der Waals surface area contributed by atoms with E-state index < -0.39 is 17.4 Å². The number of ether oxygens (including phenoxy) is 1. The number of pyridine rings is 1. The van der Waals surface area contributed by atoms with Crippen molar-refractivity contribution in [3.05, 3.63) is 30.1 Å². The lowest BCUT2D eigenvalue weighted by Crippen LogP contribution is -2.51. The molecule has 0 aliphatic carbocycles. The van der Waals surface area contributed by atoms with Gasteiger partial charge < -0.3 is 9.84 Å². The minimum atomic E-state index is -1.40. The summed E-state index contributed by atoms with van der Waals surface area (Å²) in [7, 11) is 1.50. The summed E-state index contributed by atoms with van der Waals surface area (Å²) in [4.78, 5) is 16.7. The number of hydrogen-bond acceptors (Lipinski definition) is 4. The molecule has 5 heteroatoms. The van der Waals surface area contributed by atoms with Gasteiger partial charge in [-0.2, -0.15) is 0 Å². The van der Waals surface area contributed by atoms with E-state index >= 15 is 0 Å². The summed E-state index contributed by atoms with van der Waals surface area (Å²) < 4.78 is 5.26. The van der Waals surface area contributed by atoms with Crippen LogP contribution in [0.25, 0.3) is 0 Å². The molecule has 1 N–H and O–H groups in total. The van der Waals surface area contributed by atoms with Crippen molar-refractivity contribution in [3.8, 4) is 0 Å². The summed E-state index contributed by atoms with van der Waals surface area (Å²) in [6.07, 6.45) is 2.67. The van der Waals surface area contributed by atoms with Gasteiger partial charge in [-0.15, -0.1) is 0 Å². The first-order valence-electron chi connectivity index (χ1n) is 4.99. The quantitative estimate of drug-likeness (QED) is 0.772. The van der Waals surface area contributed by atoms with Gasteiger partial charge in [-0.25, -0.2) is 4.79 Å². The number of carbonyl (C=O) groups is 1. The molecule has 0 unspecified atom stereocenters. The van der Waals surface area contributed by atoms with Gasteiger partial charge in [-0.1, -0.05) is 6.07 Å². The Bertz CT molecular complexity index is 418. The van der Waals surface area contributed by atoms with E-state index in [2.05, 4.69) is 4.98 Å². The number of hydrogen-bond donors (Lipinski definition) is 1.